The minimum absolute atomic E-state index is 0.156. The molecule has 26 heavy (non-hydrogen) atoms. The molecule has 0 N–H and O–H groups in total. The average Bonchev–Trinajstić information content (AvgIpc) is 3.06. The molecule has 0 radical (unpaired) electrons. The Morgan fingerprint density at radius 3 is 2.77 bits per heavy atom. The number of rotatable bonds is 6. The Balaban J connectivity index is 1.95. The van der Waals surface area contributed by atoms with Crippen molar-refractivity contribution in [1.29, 1.82) is 0 Å². The molecule has 3 rings (SSSR count). The van der Waals surface area contributed by atoms with Crippen LogP contribution in [0.1, 0.15) is 28.5 Å². The quantitative estimate of drug-likeness (QED) is 0.680. The molecule has 6 heteroatoms. The number of halogens is 1. The van der Waals surface area contributed by atoms with Crippen LogP contribution in [-0.4, -0.2) is 40.0 Å². The number of benzene rings is 1. The smallest absolute Gasteiger partial charge is 0.274 e. The number of imidazole rings is 1. The fourth-order valence-corrected chi connectivity index (χ4v) is 2.97. The van der Waals surface area contributed by atoms with E-state index in [4.69, 9.17) is 4.74 Å². The van der Waals surface area contributed by atoms with E-state index >= 15 is 0 Å². The molecule has 0 unspecified atom stereocenters. The Labute approximate surface area is 152 Å². The van der Waals surface area contributed by atoms with E-state index in [9.17, 15) is 9.18 Å². The zero-order valence-electron chi connectivity index (χ0n) is 15.1. The Bertz CT molecular complexity index is 922. The second-order valence-corrected chi connectivity index (χ2v) is 6.38. The van der Waals surface area contributed by atoms with Crippen molar-refractivity contribution >= 4 is 11.6 Å². The van der Waals surface area contributed by atoms with Crippen LogP contribution in [0.15, 0.2) is 48.8 Å². The molecule has 0 aliphatic heterocycles. The Kier molecular flexibility index (Phi) is 5.32. The van der Waals surface area contributed by atoms with Crippen molar-refractivity contribution < 1.29 is 13.9 Å². The fourth-order valence-electron chi connectivity index (χ4n) is 2.97. The van der Waals surface area contributed by atoms with E-state index < -0.39 is 0 Å². The summed E-state index contributed by atoms with van der Waals surface area (Å²) in [6.07, 6.45) is 3.56. The van der Waals surface area contributed by atoms with Crippen molar-refractivity contribution in [1.82, 2.24) is 14.3 Å². The van der Waals surface area contributed by atoms with Crippen molar-refractivity contribution in [2.45, 2.75) is 26.4 Å². The van der Waals surface area contributed by atoms with Gasteiger partial charge in [0.2, 0.25) is 0 Å². The fraction of sp³-hybridized carbons (Fsp3) is 0.300. The molecule has 1 atom stereocenters. The van der Waals surface area contributed by atoms with Crippen LogP contribution in [0, 0.1) is 12.7 Å². The summed E-state index contributed by atoms with van der Waals surface area (Å²) < 4.78 is 21.1. The lowest BCUT2D eigenvalue weighted by Gasteiger charge is -2.28. The number of hydrogen-bond donors (Lipinski definition) is 0. The highest BCUT2D eigenvalue weighted by molar-refractivity contribution is 5.93. The molecule has 136 valence electrons. The highest BCUT2D eigenvalue weighted by Crippen LogP contribution is 2.17. The third-order valence-corrected chi connectivity index (χ3v) is 4.40. The van der Waals surface area contributed by atoms with Gasteiger partial charge in [0, 0.05) is 31.6 Å². The molecule has 2 aromatic heterocycles. The molecule has 0 bridgehead atoms. The van der Waals surface area contributed by atoms with Crippen molar-refractivity contribution in [3.05, 3.63) is 71.4 Å². The van der Waals surface area contributed by atoms with Gasteiger partial charge in [-0.25, -0.2) is 9.37 Å². The minimum atomic E-state index is -0.333. The van der Waals surface area contributed by atoms with Gasteiger partial charge in [-0.15, -0.1) is 0 Å². The second kappa shape index (κ2) is 7.66. The first kappa shape index (κ1) is 18.1. The zero-order chi connectivity index (χ0) is 18.7. The average molecular weight is 355 g/mol. The molecule has 3 aromatic rings. The molecule has 1 amide bonds. The van der Waals surface area contributed by atoms with Gasteiger partial charge in [-0.05, 0) is 31.5 Å². The molecule has 0 aliphatic rings. The van der Waals surface area contributed by atoms with Crippen molar-refractivity contribution in [2.24, 2.45) is 0 Å². The van der Waals surface area contributed by atoms with E-state index in [0.29, 0.717) is 17.9 Å². The molecule has 0 spiro atoms. The molecule has 2 heterocycles. The molecule has 0 saturated carbocycles. The third-order valence-electron chi connectivity index (χ3n) is 4.40. The number of pyridine rings is 1. The number of methoxy groups -OCH3 is 1. The number of aryl methyl sites for hydroxylation is 1. The molecular weight excluding hydrogens is 333 g/mol. The Morgan fingerprint density at radius 1 is 1.31 bits per heavy atom. The van der Waals surface area contributed by atoms with Crippen LogP contribution in [0.2, 0.25) is 0 Å². The lowest BCUT2D eigenvalue weighted by Crippen LogP contribution is -2.41. The summed E-state index contributed by atoms with van der Waals surface area (Å²) >= 11 is 0. The van der Waals surface area contributed by atoms with Gasteiger partial charge in [0.15, 0.2) is 0 Å². The van der Waals surface area contributed by atoms with Gasteiger partial charge in [0.05, 0.1) is 12.6 Å². The highest BCUT2D eigenvalue weighted by atomic mass is 19.1. The predicted octanol–water partition coefficient (Wildman–Crippen LogP) is 3.46. The number of nitrogens with zero attached hydrogens (tertiary/aromatic N) is 3. The van der Waals surface area contributed by atoms with Crippen LogP contribution in [0.25, 0.3) is 5.65 Å². The zero-order valence-corrected chi connectivity index (χ0v) is 15.1. The van der Waals surface area contributed by atoms with E-state index in [0.717, 1.165) is 11.2 Å². The second-order valence-electron chi connectivity index (χ2n) is 6.38. The molecule has 0 fully saturated rings. The SMILES string of the molecule is COC[C@H](C)N(Cc1ccccc1F)C(=O)c1cn2cccc(C)c2n1. The van der Waals surface area contributed by atoms with Crippen LogP contribution in [0.5, 0.6) is 0 Å². The summed E-state index contributed by atoms with van der Waals surface area (Å²) in [5.74, 6) is -0.582. The van der Waals surface area contributed by atoms with Crippen molar-refractivity contribution in [3.8, 4) is 0 Å². The van der Waals surface area contributed by atoms with Crippen molar-refractivity contribution in [2.75, 3.05) is 13.7 Å². The summed E-state index contributed by atoms with van der Waals surface area (Å²) in [5.41, 5.74) is 2.51. The summed E-state index contributed by atoms with van der Waals surface area (Å²) in [6, 6.07) is 10.1. The first-order valence-electron chi connectivity index (χ1n) is 8.49. The number of amides is 1. The van der Waals surface area contributed by atoms with Gasteiger partial charge in [-0.3, -0.25) is 4.79 Å². The third kappa shape index (κ3) is 3.60. The van der Waals surface area contributed by atoms with Crippen LogP contribution in [-0.2, 0) is 11.3 Å². The van der Waals surface area contributed by atoms with Crippen LogP contribution in [0.4, 0.5) is 4.39 Å². The number of aromatic nitrogens is 2. The summed E-state index contributed by atoms with van der Waals surface area (Å²) in [6.45, 7) is 4.33. The summed E-state index contributed by atoms with van der Waals surface area (Å²) in [7, 11) is 1.58. The number of ether oxygens (including phenoxy) is 1. The topological polar surface area (TPSA) is 46.8 Å². The largest absolute Gasteiger partial charge is 0.383 e. The minimum Gasteiger partial charge on any atom is -0.383 e. The molecule has 1 aromatic carbocycles. The number of hydrogen-bond acceptors (Lipinski definition) is 3. The number of carbonyl (C=O) groups is 1. The van der Waals surface area contributed by atoms with Gasteiger partial charge < -0.3 is 14.0 Å². The number of carbonyl (C=O) groups excluding carboxylic acids is 1. The first-order valence-corrected chi connectivity index (χ1v) is 8.49. The van der Waals surface area contributed by atoms with E-state index in [1.54, 1.807) is 36.4 Å². The molecule has 5 nitrogen and oxygen atoms in total. The molecule has 0 aliphatic carbocycles. The Morgan fingerprint density at radius 2 is 2.08 bits per heavy atom. The summed E-state index contributed by atoms with van der Waals surface area (Å²) in [5, 5.41) is 0. The maximum atomic E-state index is 14.1. The summed E-state index contributed by atoms with van der Waals surface area (Å²) in [4.78, 5) is 19.2. The monoisotopic (exact) mass is 355 g/mol. The van der Waals surface area contributed by atoms with Crippen LogP contribution < -0.4 is 0 Å². The van der Waals surface area contributed by atoms with E-state index in [1.807, 2.05) is 36.6 Å². The maximum absolute atomic E-state index is 14.1. The molecule has 0 saturated heterocycles. The standard InChI is InChI=1S/C20H22FN3O2/c1-14-7-6-10-23-12-18(22-19(14)23)20(25)24(15(2)13-26-3)11-16-8-4-5-9-17(16)21/h4-10,12,15H,11,13H2,1-3H3/t15-/m0/s1. The first-order chi connectivity index (χ1) is 12.5. The normalized spacial score (nSPS) is 12.3. The van der Waals surface area contributed by atoms with Gasteiger partial charge in [0.25, 0.3) is 5.91 Å². The van der Waals surface area contributed by atoms with Gasteiger partial charge in [-0.2, -0.15) is 0 Å². The predicted molar refractivity (Wildman–Crippen MR) is 97.5 cm³/mol. The van der Waals surface area contributed by atoms with E-state index in [2.05, 4.69) is 4.98 Å². The lowest BCUT2D eigenvalue weighted by atomic mass is 10.1. The van der Waals surface area contributed by atoms with Gasteiger partial charge >= 0.3 is 0 Å². The van der Waals surface area contributed by atoms with Gasteiger partial charge in [-0.1, -0.05) is 24.3 Å². The Hall–Kier alpha value is -2.73. The highest BCUT2D eigenvalue weighted by Gasteiger charge is 2.25. The van der Waals surface area contributed by atoms with Crippen molar-refractivity contribution in [3.63, 3.8) is 0 Å². The van der Waals surface area contributed by atoms with E-state index in [-0.39, 0.29) is 24.3 Å². The number of fused-ring (bicyclic) bond motifs is 1. The van der Waals surface area contributed by atoms with Gasteiger partial charge in [0.1, 0.15) is 17.2 Å². The van der Waals surface area contributed by atoms with Crippen LogP contribution in [0.3, 0.4) is 0 Å². The van der Waals surface area contributed by atoms with E-state index in [1.165, 1.54) is 6.07 Å². The molecular formula is C20H22FN3O2. The van der Waals surface area contributed by atoms with Crippen LogP contribution >= 0.6 is 0 Å². The lowest BCUT2D eigenvalue weighted by molar-refractivity contribution is 0.0534. The maximum Gasteiger partial charge on any atom is 0.274 e.